The van der Waals surface area contributed by atoms with Gasteiger partial charge in [-0.3, -0.25) is 4.79 Å². The van der Waals surface area contributed by atoms with Gasteiger partial charge in [0.15, 0.2) is 11.5 Å². The summed E-state index contributed by atoms with van der Waals surface area (Å²) in [5, 5.41) is 6.05. The van der Waals surface area contributed by atoms with Gasteiger partial charge in [0, 0.05) is 38.8 Å². The Balaban J connectivity index is 1.51. The minimum absolute atomic E-state index is 0.159. The number of carbonyl (C=O) groups excluding carboxylic acids is 1. The Morgan fingerprint density at radius 2 is 1.96 bits per heavy atom. The average Bonchev–Trinajstić information content (AvgIpc) is 3.05. The van der Waals surface area contributed by atoms with Crippen molar-refractivity contribution in [2.24, 2.45) is 0 Å². The highest BCUT2D eigenvalue weighted by Crippen LogP contribution is 2.32. The quantitative estimate of drug-likeness (QED) is 0.767. The molecule has 0 spiro atoms. The zero-order chi connectivity index (χ0) is 17.8. The Bertz CT molecular complexity index is 779. The predicted octanol–water partition coefficient (Wildman–Crippen LogP) is 1.42. The van der Waals surface area contributed by atoms with Crippen LogP contribution in [0.4, 0.5) is 11.6 Å². The lowest BCUT2D eigenvalue weighted by Crippen LogP contribution is -2.29. The van der Waals surface area contributed by atoms with Crippen LogP contribution in [0.25, 0.3) is 0 Å². The number of hydrogen-bond acceptors (Lipinski definition) is 7. The summed E-state index contributed by atoms with van der Waals surface area (Å²) in [5.74, 6) is 3.35. The lowest BCUT2D eigenvalue weighted by atomic mass is 10.2. The average molecular weight is 343 g/mol. The normalized spacial score (nSPS) is 12.0. The second kappa shape index (κ2) is 7.25. The van der Waals surface area contributed by atoms with Gasteiger partial charge in [0.05, 0.1) is 0 Å². The fraction of sp³-hybridized carbons (Fsp3) is 0.353. The van der Waals surface area contributed by atoms with Gasteiger partial charge >= 0.3 is 0 Å². The SMILES string of the molecule is Cc1nc(NCCNC(=O)c2ccc3c(c2)OCO3)cc(N(C)C)n1. The lowest BCUT2D eigenvalue weighted by molar-refractivity contribution is 0.0954. The van der Waals surface area contributed by atoms with Gasteiger partial charge in [-0.15, -0.1) is 0 Å². The summed E-state index contributed by atoms with van der Waals surface area (Å²) in [4.78, 5) is 22.8. The molecule has 0 saturated heterocycles. The molecule has 0 bridgehead atoms. The first kappa shape index (κ1) is 16.8. The standard InChI is InChI=1S/C17H21N5O3/c1-11-20-15(9-16(21-11)22(2)3)18-6-7-19-17(23)12-4-5-13-14(8-12)25-10-24-13/h4-5,8-9H,6-7,10H2,1-3H3,(H,19,23)(H,18,20,21). The summed E-state index contributed by atoms with van der Waals surface area (Å²) >= 11 is 0. The highest BCUT2D eigenvalue weighted by atomic mass is 16.7. The van der Waals surface area contributed by atoms with E-state index in [1.54, 1.807) is 18.2 Å². The van der Waals surface area contributed by atoms with Crippen LogP contribution in [0.15, 0.2) is 24.3 Å². The molecule has 0 atom stereocenters. The Kier molecular flexibility index (Phi) is 4.87. The minimum Gasteiger partial charge on any atom is -0.454 e. The third kappa shape index (κ3) is 4.09. The van der Waals surface area contributed by atoms with Crippen molar-refractivity contribution in [1.29, 1.82) is 0 Å². The summed E-state index contributed by atoms with van der Waals surface area (Å²) in [6.45, 7) is 3.06. The van der Waals surface area contributed by atoms with Crippen molar-refractivity contribution in [3.05, 3.63) is 35.7 Å². The molecule has 1 aliphatic rings. The number of nitrogens with zero attached hydrogens (tertiary/aromatic N) is 3. The van der Waals surface area contributed by atoms with Crippen LogP contribution in [0.1, 0.15) is 16.2 Å². The van der Waals surface area contributed by atoms with Crippen molar-refractivity contribution in [3.8, 4) is 11.5 Å². The van der Waals surface area contributed by atoms with E-state index in [4.69, 9.17) is 9.47 Å². The van der Waals surface area contributed by atoms with Crippen LogP contribution in [0.5, 0.6) is 11.5 Å². The van der Waals surface area contributed by atoms with Gasteiger partial charge in [0.1, 0.15) is 17.5 Å². The number of ether oxygens (including phenoxy) is 2. The first-order chi connectivity index (χ1) is 12.0. The van der Waals surface area contributed by atoms with Crippen LogP contribution in [0, 0.1) is 6.92 Å². The molecular formula is C17H21N5O3. The molecule has 3 rings (SSSR count). The number of nitrogens with one attached hydrogen (secondary N) is 2. The van der Waals surface area contributed by atoms with Gasteiger partial charge in [0.2, 0.25) is 6.79 Å². The molecule has 0 aliphatic carbocycles. The number of anilines is 2. The lowest BCUT2D eigenvalue weighted by Gasteiger charge is -2.14. The zero-order valence-electron chi connectivity index (χ0n) is 14.5. The van der Waals surface area contributed by atoms with E-state index in [0.29, 0.717) is 36.0 Å². The van der Waals surface area contributed by atoms with Gasteiger partial charge in [0.25, 0.3) is 5.91 Å². The number of aryl methyl sites for hydroxylation is 1. The van der Waals surface area contributed by atoms with E-state index < -0.39 is 0 Å². The van der Waals surface area contributed by atoms with Crippen molar-refractivity contribution in [1.82, 2.24) is 15.3 Å². The smallest absolute Gasteiger partial charge is 0.251 e. The van der Waals surface area contributed by atoms with E-state index in [-0.39, 0.29) is 12.7 Å². The maximum atomic E-state index is 12.2. The Labute approximate surface area is 146 Å². The maximum Gasteiger partial charge on any atom is 0.251 e. The molecule has 25 heavy (non-hydrogen) atoms. The van der Waals surface area contributed by atoms with Crippen molar-refractivity contribution in [2.45, 2.75) is 6.92 Å². The highest BCUT2D eigenvalue weighted by Gasteiger charge is 2.15. The Hall–Kier alpha value is -3.03. The molecule has 1 aromatic carbocycles. The van der Waals surface area contributed by atoms with Gasteiger partial charge in [-0.1, -0.05) is 0 Å². The molecule has 1 aromatic heterocycles. The summed E-state index contributed by atoms with van der Waals surface area (Å²) in [6, 6.07) is 7.00. The molecule has 0 radical (unpaired) electrons. The van der Waals surface area contributed by atoms with Crippen molar-refractivity contribution >= 4 is 17.5 Å². The van der Waals surface area contributed by atoms with Gasteiger partial charge in [-0.2, -0.15) is 0 Å². The Morgan fingerprint density at radius 3 is 2.76 bits per heavy atom. The van der Waals surface area contributed by atoms with Crippen molar-refractivity contribution in [3.63, 3.8) is 0 Å². The molecule has 0 fully saturated rings. The van der Waals surface area contributed by atoms with E-state index in [1.807, 2.05) is 32.0 Å². The third-order valence-corrected chi connectivity index (χ3v) is 3.63. The van der Waals surface area contributed by atoms with Crippen molar-refractivity contribution in [2.75, 3.05) is 44.2 Å². The largest absolute Gasteiger partial charge is 0.454 e. The van der Waals surface area contributed by atoms with Crippen LogP contribution in [0.3, 0.4) is 0 Å². The second-order valence-corrected chi connectivity index (χ2v) is 5.80. The number of benzene rings is 1. The van der Waals surface area contributed by atoms with E-state index in [2.05, 4.69) is 20.6 Å². The molecule has 2 heterocycles. The van der Waals surface area contributed by atoms with Crippen molar-refractivity contribution < 1.29 is 14.3 Å². The van der Waals surface area contributed by atoms with Crippen LogP contribution >= 0.6 is 0 Å². The fourth-order valence-corrected chi connectivity index (χ4v) is 2.38. The Morgan fingerprint density at radius 1 is 1.16 bits per heavy atom. The summed E-state index contributed by atoms with van der Waals surface area (Å²) in [7, 11) is 3.86. The molecule has 2 aromatic rings. The van der Waals surface area contributed by atoms with E-state index in [9.17, 15) is 4.79 Å². The number of aromatic nitrogens is 2. The topological polar surface area (TPSA) is 88.6 Å². The first-order valence-corrected chi connectivity index (χ1v) is 7.97. The second-order valence-electron chi connectivity index (χ2n) is 5.80. The maximum absolute atomic E-state index is 12.2. The predicted molar refractivity (Wildman–Crippen MR) is 94.5 cm³/mol. The molecule has 0 saturated carbocycles. The molecule has 1 amide bonds. The minimum atomic E-state index is -0.159. The van der Waals surface area contributed by atoms with Gasteiger partial charge in [-0.05, 0) is 25.1 Å². The van der Waals surface area contributed by atoms with Crippen LogP contribution in [-0.2, 0) is 0 Å². The number of hydrogen-bond donors (Lipinski definition) is 2. The third-order valence-electron chi connectivity index (χ3n) is 3.63. The molecule has 8 nitrogen and oxygen atoms in total. The highest BCUT2D eigenvalue weighted by molar-refractivity contribution is 5.94. The van der Waals surface area contributed by atoms with Crippen LogP contribution < -0.4 is 25.0 Å². The van der Waals surface area contributed by atoms with E-state index in [0.717, 1.165) is 11.6 Å². The van der Waals surface area contributed by atoms with Crippen LogP contribution in [0.2, 0.25) is 0 Å². The van der Waals surface area contributed by atoms with Gasteiger partial charge < -0.3 is 25.0 Å². The number of carbonyl (C=O) groups is 1. The summed E-state index contributed by atoms with van der Waals surface area (Å²) in [5.41, 5.74) is 0.539. The molecule has 8 heteroatoms. The molecule has 1 aliphatic heterocycles. The molecule has 0 unspecified atom stereocenters. The number of amides is 1. The van der Waals surface area contributed by atoms with E-state index >= 15 is 0 Å². The molecular weight excluding hydrogens is 322 g/mol. The van der Waals surface area contributed by atoms with Gasteiger partial charge in [-0.25, -0.2) is 9.97 Å². The first-order valence-electron chi connectivity index (χ1n) is 7.97. The molecule has 132 valence electrons. The summed E-state index contributed by atoms with van der Waals surface area (Å²) < 4.78 is 10.5. The summed E-state index contributed by atoms with van der Waals surface area (Å²) in [6.07, 6.45) is 0. The fourth-order valence-electron chi connectivity index (χ4n) is 2.38. The zero-order valence-corrected chi connectivity index (χ0v) is 14.5. The number of fused-ring (bicyclic) bond motifs is 1. The molecule has 2 N–H and O–H groups in total. The monoisotopic (exact) mass is 343 g/mol. The van der Waals surface area contributed by atoms with E-state index in [1.165, 1.54) is 0 Å². The van der Waals surface area contributed by atoms with Crippen LogP contribution in [-0.4, -0.2) is 49.9 Å². The number of rotatable bonds is 6.